The van der Waals surface area contributed by atoms with Crippen molar-refractivity contribution >= 4 is 31.8 Å². The summed E-state index contributed by atoms with van der Waals surface area (Å²) in [6.45, 7) is 0.581. The molecule has 0 amide bonds. The van der Waals surface area contributed by atoms with Gasteiger partial charge < -0.3 is 5.73 Å². The van der Waals surface area contributed by atoms with Gasteiger partial charge in [0.15, 0.2) is 0 Å². The zero-order chi connectivity index (χ0) is 19.0. The predicted octanol–water partition coefficient (Wildman–Crippen LogP) is 2.07. The van der Waals surface area contributed by atoms with Gasteiger partial charge in [0.05, 0.1) is 5.69 Å². The second-order valence-corrected chi connectivity index (χ2v) is 9.08. The second kappa shape index (κ2) is 7.25. The Hall–Kier alpha value is -1.91. The highest BCUT2D eigenvalue weighted by molar-refractivity contribution is 7.86. The number of rotatable bonds is 4. The van der Waals surface area contributed by atoms with Crippen molar-refractivity contribution in [3.05, 3.63) is 47.7 Å². The molecule has 0 bridgehead atoms. The van der Waals surface area contributed by atoms with Crippen LogP contribution in [0, 0.1) is 0 Å². The van der Waals surface area contributed by atoms with Crippen LogP contribution >= 0.6 is 11.3 Å². The van der Waals surface area contributed by atoms with E-state index in [1.165, 1.54) is 4.31 Å². The fourth-order valence-corrected chi connectivity index (χ4v) is 5.74. The summed E-state index contributed by atoms with van der Waals surface area (Å²) >= 11 is 1.60. The van der Waals surface area contributed by atoms with E-state index in [1.807, 2.05) is 18.2 Å². The summed E-state index contributed by atoms with van der Waals surface area (Å²) in [5, 5.41) is 8.52. The highest BCUT2D eigenvalue weighted by Gasteiger charge is 2.35. The van der Waals surface area contributed by atoms with Crippen LogP contribution in [0.3, 0.4) is 0 Å². The van der Waals surface area contributed by atoms with Crippen molar-refractivity contribution in [1.82, 2.24) is 14.3 Å². The predicted molar refractivity (Wildman–Crippen MR) is 107 cm³/mol. The lowest BCUT2D eigenvalue weighted by Gasteiger charge is -2.36. The van der Waals surface area contributed by atoms with Crippen molar-refractivity contribution in [2.75, 3.05) is 13.1 Å². The topological polar surface area (TPSA) is 115 Å². The van der Waals surface area contributed by atoms with E-state index in [-0.39, 0.29) is 18.5 Å². The molecule has 0 aliphatic carbocycles. The lowest BCUT2D eigenvalue weighted by molar-refractivity contribution is 0.235. The molecule has 2 unspecified atom stereocenters. The monoisotopic (exact) mass is 403 g/mol. The lowest BCUT2D eigenvalue weighted by atomic mass is 9.87. The van der Waals surface area contributed by atoms with Crippen LogP contribution in [-0.4, -0.2) is 41.8 Å². The summed E-state index contributed by atoms with van der Waals surface area (Å²) in [4.78, 5) is 9.97. The van der Waals surface area contributed by atoms with Gasteiger partial charge in [0.25, 0.3) is 10.2 Å². The Balaban J connectivity index is 1.76. The zero-order valence-electron chi connectivity index (χ0n) is 14.7. The average Bonchev–Trinajstić information content (AvgIpc) is 3.11. The Labute approximate surface area is 162 Å². The zero-order valence-corrected chi connectivity index (χ0v) is 16.3. The van der Waals surface area contributed by atoms with Gasteiger partial charge in [-0.15, -0.1) is 11.3 Å². The third-order valence-electron chi connectivity index (χ3n) is 5.13. The first-order valence-electron chi connectivity index (χ1n) is 8.76. The SMILES string of the molecule is NCC1CC(c2ncnc3scc(-c4ccccc4)c23)CCN1S(N)(=O)=O. The van der Waals surface area contributed by atoms with E-state index < -0.39 is 10.2 Å². The maximum Gasteiger partial charge on any atom is 0.277 e. The minimum Gasteiger partial charge on any atom is -0.329 e. The van der Waals surface area contributed by atoms with Crippen molar-refractivity contribution < 1.29 is 8.42 Å². The molecule has 2 atom stereocenters. The highest BCUT2D eigenvalue weighted by Crippen LogP contribution is 2.40. The molecule has 0 spiro atoms. The summed E-state index contributed by atoms with van der Waals surface area (Å²) in [6, 6.07) is 9.84. The normalized spacial score (nSPS) is 21.6. The van der Waals surface area contributed by atoms with Crippen molar-refractivity contribution in [2.24, 2.45) is 10.9 Å². The second-order valence-electron chi connectivity index (χ2n) is 6.72. The van der Waals surface area contributed by atoms with Gasteiger partial charge in [0.1, 0.15) is 11.2 Å². The van der Waals surface area contributed by atoms with Crippen molar-refractivity contribution in [2.45, 2.75) is 24.8 Å². The molecule has 7 nitrogen and oxygen atoms in total. The van der Waals surface area contributed by atoms with Gasteiger partial charge in [-0.05, 0) is 18.4 Å². The average molecular weight is 404 g/mol. The molecular formula is C18H21N5O2S2. The van der Waals surface area contributed by atoms with Crippen LogP contribution < -0.4 is 10.9 Å². The molecule has 1 aromatic carbocycles. The minimum absolute atomic E-state index is 0.110. The van der Waals surface area contributed by atoms with E-state index in [1.54, 1.807) is 17.7 Å². The molecule has 2 aromatic heterocycles. The van der Waals surface area contributed by atoms with Gasteiger partial charge >= 0.3 is 0 Å². The standard InChI is InChI=1S/C18H21N5O2S2/c19-9-14-8-13(6-7-23(14)27(20,24)25)17-16-15(12-4-2-1-3-5-12)10-26-18(16)22-11-21-17/h1-5,10-11,13-14H,6-9,19H2,(H2,20,24,25). The molecule has 27 heavy (non-hydrogen) atoms. The van der Waals surface area contributed by atoms with E-state index in [9.17, 15) is 8.42 Å². The van der Waals surface area contributed by atoms with Gasteiger partial charge in [-0.2, -0.15) is 12.7 Å². The number of hydrogen-bond acceptors (Lipinski definition) is 6. The molecule has 142 valence electrons. The molecule has 4 N–H and O–H groups in total. The van der Waals surface area contributed by atoms with Crippen LogP contribution in [0.15, 0.2) is 42.0 Å². The largest absolute Gasteiger partial charge is 0.329 e. The van der Waals surface area contributed by atoms with Crippen LogP contribution in [0.5, 0.6) is 0 Å². The van der Waals surface area contributed by atoms with Crippen molar-refractivity contribution in [1.29, 1.82) is 0 Å². The third kappa shape index (κ3) is 3.48. The number of aromatic nitrogens is 2. The Morgan fingerprint density at radius 1 is 1.22 bits per heavy atom. The van der Waals surface area contributed by atoms with Gasteiger partial charge in [-0.25, -0.2) is 15.1 Å². The Morgan fingerprint density at radius 2 is 2.00 bits per heavy atom. The molecule has 4 rings (SSSR count). The smallest absolute Gasteiger partial charge is 0.277 e. The highest BCUT2D eigenvalue weighted by atomic mass is 32.2. The molecule has 0 saturated carbocycles. The van der Waals surface area contributed by atoms with E-state index in [4.69, 9.17) is 10.9 Å². The van der Waals surface area contributed by atoms with E-state index in [0.717, 1.165) is 27.0 Å². The summed E-state index contributed by atoms with van der Waals surface area (Å²) in [5.41, 5.74) is 9.05. The van der Waals surface area contributed by atoms with Crippen LogP contribution in [0.1, 0.15) is 24.5 Å². The number of benzene rings is 1. The van der Waals surface area contributed by atoms with E-state index in [2.05, 4.69) is 27.5 Å². The maximum atomic E-state index is 11.8. The third-order valence-corrected chi connectivity index (χ3v) is 7.15. The number of fused-ring (bicyclic) bond motifs is 1. The van der Waals surface area contributed by atoms with Crippen molar-refractivity contribution in [3.8, 4) is 11.1 Å². The minimum atomic E-state index is -3.75. The lowest BCUT2D eigenvalue weighted by Crippen LogP contribution is -2.51. The van der Waals surface area contributed by atoms with Gasteiger partial charge in [-0.3, -0.25) is 0 Å². The molecule has 1 saturated heterocycles. The van der Waals surface area contributed by atoms with E-state index in [0.29, 0.717) is 19.4 Å². The summed E-state index contributed by atoms with van der Waals surface area (Å²) in [6.07, 6.45) is 2.85. The number of hydrogen-bond donors (Lipinski definition) is 2. The first-order valence-corrected chi connectivity index (χ1v) is 11.1. The fourth-order valence-electron chi connectivity index (χ4n) is 3.86. The molecule has 1 fully saturated rings. The Bertz CT molecular complexity index is 1050. The van der Waals surface area contributed by atoms with Gasteiger partial charge in [0, 0.05) is 41.4 Å². The number of nitrogens with two attached hydrogens (primary N) is 2. The maximum absolute atomic E-state index is 11.8. The molecular weight excluding hydrogens is 382 g/mol. The first-order chi connectivity index (χ1) is 13.0. The van der Waals surface area contributed by atoms with Crippen LogP contribution in [0.4, 0.5) is 0 Å². The molecule has 9 heteroatoms. The molecule has 0 radical (unpaired) electrons. The number of thiophene rings is 1. The van der Waals surface area contributed by atoms with Crippen molar-refractivity contribution in [3.63, 3.8) is 0 Å². The van der Waals surface area contributed by atoms with Gasteiger partial charge in [-0.1, -0.05) is 30.3 Å². The Kier molecular flexibility index (Phi) is 4.95. The summed E-state index contributed by atoms with van der Waals surface area (Å²) < 4.78 is 25.0. The Morgan fingerprint density at radius 3 is 2.70 bits per heavy atom. The molecule has 1 aliphatic rings. The molecule has 1 aliphatic heterocycles. The number of nitrogens with zero attached hydrogens (tertiary/aromatic N) is 3. The molecule has 3 aromatic rings. The van der Waals surface area contributed by atoms with Crippen LogP contribution in [0.2, 0.25) is 0 Å². The van der Waals surface area contributed by atoms with Gasteiger partial charge in [0.2, 0.25) is 0 Å². The van der Waals surface area contributed by atoms with Crippen LogP contribution in [0.25, 0.3) is 21.3 Å². The van der Waals surface area contributed by atoms with E-state index >= 15 is 0 Å². The first kappa shape index (κ1) is 18.5. The number of piperidine rings is 1. The summed E-state index contributed by atoms with van der Waals surface area (Å²) in [7, 11) is -3.75. The quantitative estimate of drug-likeness (QED) is 0.692. The van der Waals surface area contributed by atoms with Crippen LogP contribution in [-0.2, 0) is 10.2 Å². The molecule has 3 heterocycles. The fraction of sp³-hybridized carbons (Fsp3) is 0.333. The summed E-state index contributed by atoms with van der Waals surface area (Å²) in [5.74, 6) is 0.110.